The van der Waals surface area contributed by atoms with Gasteiger partial charge in [-0.15, -0.1) is 0 Å². The van der Waals surface area contributed by atoms with Crippen LogP contribution >= 0.6 is 0 Å². The van der Waals surface area contributed by atoms with Crippen LogP contribution in [0.4, 0.5) is 0 Å². The molecule has 1 aromatic carbocycles. The fraction of sp³-hybridized carbons (Fsp3) is 0.600. The molecule has 0 bridgehead atoms. The van der Waals surface area contributed by atoms with Gasteiger partial charge < -0.3 is 5.11 Å². The van der Waals surface area contributed by atoms with Crippen LogP contribution in [0.2, 0.25) is 0 Å². The summed E-state index contributed by atoms with van der Waals surface area (Å²) in [6, 6.07) is 10.8. The van der Waals surface area contributed by atoms with Crippen LogP contribution in [-0.2, 0) is 6.54 Å². The quantitative estimate of drug-likeness (QED) is 0.812. The normalized spacial score (nSPS) is 25.8. The van der Waals surface area contributed by atoms with Crippen molar-refractivity contribution in [1.29, 1.82) is 0 Å². The lowest BCUT2D eigenvalue weighted by molar-refractivity contribution is 0.0544. The molecule has 2 rings (SSSR count). The fourth-order valence-corrected chi connectivity index (χ4v) is 2.77. The van der Waals surface area contributed by atoms with Crippen molar-refractivity contribution in [2.75, 3.05) is 7.05 Å². The van der Waals surface area contributed by atoms with Crippen LogP contribution in [0.5, 0.6) is 0 Å². The van der Waals surface area contributed by atoms with Crippen LogP contribution in [0.1, 0.15) is 37.7 Å². The minimum atomic E-state index is -0.147. The number of aliphatic hydroxyl groups excluding tert-OH is 1. The first kappa shape index (κ1) is 12.6. The molecule has 0 spiro atoms. The number of nitrogens with zero attached hydrogens (tertiary/aromatic N) is 1. The first-order valence-corrected chi connectivity index (χ1v) is 6.69. The van der Waals surface area contributed by atoms with Crippen molar-refractivity contribution in [1.82, 2.24) is 4.90 Å². The molecule has 2 heteroatoms. The summed E-state index contributed by atoms with van der Waals surface area (Å²) in [5.41, 5.74) is 1.33. The summed E-state index contributed by atoms with van der Waals surface area (Å²) in [4.78, 5) is 2.31. The van der Waals surface area contributed by atoms with E-state index in [2.05, 4.69) is 36.2 Å². The number of likely N-dealkylation sites (N-methyl/N-ethyl adjacent to an activating group) is 1. The molecule has 0 radical (unpaired) electrons. The standard InChI is InChI=1S/C15H23NO/c1-16(12-13-8-4-2-5-9-13)14-10-6-3-7-11-15(14)17/h2,4-5,8-9,14-15,17H,3,6-7,10-12H2,1H3. The summed E-state index contributed by atoms with van der Waals surface area (Å²) in [6.45, 7) is 0.933. The highest BCUT2D eigenvalue weighted by Gasteiger charge is 2.24. The van der Waals surface area contributed by atoms with Gasteiger partial charge in [0.05, 0.1) is 6.10 Å². The highest BCUT2D eigenvalue weighted by atomic mass is 16.3. The molecule has 1 aliphatic carbocycles. The monoisotopic (exact) mass is 233 g/mol. The van der Waals surface area contributed by atoms with Crippen molar-refractivity contribution in [2.24, 2.45) is 0 Å². The van der Waals surface area contributed by atoms with Gasteiger partial charge in [0.2, 0.25) is 0 Å². The highest BCUT2D eigenvalue weighted by Crippen LogP contribution is 2.22. The van der Waals surface area contributed by atoms with Gasteiger partial charge in [-0.25, -0.2) is 0 Å². The molecule has 0 heterocycles. The molecule has 1 fully saturated rings. The fourth-order valence-electron chi connectivity index (χ4n) is 2.77. The van der Waals surface area contributed by atoms with Crippen molar-refractivity contribution in [3.63, 3.8) is 0 Å². The second-order valence-electron chi connectivity index (χ2n) is 5.17. The van der Waals surface area contributed by atoms with Gasteiger partial charge in [-0.05, 0) is 25.5 Å². The largest absolute Gasteiger partial charge is 0.391 e. The van der Waals surface area contributed by atoms with Crippen LogP contribution in [-0.4, -0.2) is 29.2 Å². The number of benzene rings is 1. The molecule has 1 aromatic rings. The van der Waals surface area contributed by atoms with Crippen LogP contribution in [0.3, 0.4) is 0 Å². The Morgan fingerprint density at radius 3 is 2.59 bits per heavy atom. The number of rotatable bonds is 3. The second-order valence-corrected chi connectivity index (χ2v) is 5.17. The molecule has 1 aliphatic rings. The second kappa shape index (κ2) is 6.18. The minimum Gasteiger partial charge on any atom is -0.391 e. The average Bonchev–Trinajstić information content (AvgIpc) is 2.55. The van der Waals surface area contributed by atoms with Crippen molar-refractivity contribution < 1.29 is 5.11 Å². The molecule has 1 saturated carbocycles. The molecule has 94 valence electrons. The maximum Gasteiger partial charge on any atom is 0.0695 e. The topological polar surface area (TPSA) is 23.5 Å². The zero-order valence-corrected chi connectivity index (χ0v) is 10.7. The predicted octanol–water partition coefficient (Wildman–Crippen LogP) is 2.81. The van der Waals surface area contributed by atoms with Crippen molar-refractivity contribution >= 4 is 0 Å². The molecular formula is C15H23NO. The molecule has 0 saturated heterocycles. The molecular weight excluding hydrogens is 210 g/mol. The Hall–Kier alpha value is -0.860. The van der Waals surface area contributed by atoms with Gasteiger partial charge >= 0.3 is 0 Å². The van der Waals surface area contributed by atoms with E-state index in [0.29, 0.717) is 6.04 Å². The lowest BCUT2D eigenvalue weighted by atomic mass is 10.0. The maximum absolute atomic E-state index is 10.2. The molecule has 0 aromatic heterocycles. The smallest absolute Gasteiger partial charge is 0.0695 e. The minimum absolute atomic E-state index is 0.147. The third-order valence-corrected chi connectivity index (χ3v) is 3.78. The summed E-state index contributed by atoms with van der Waals surface area (Å²) < 4.78 is 0. The Balaban J connectivity index is 1.96. The zero-order valence-electron chi connectivity index (χ0n) is 10.7. The van der Waals surface area contributed by atoms with Crippen molar-refractivity contribution in [2.45, 2.75) is 50.8 Å². The van der Waals surface area contributed by atoms with Crippen LogP contribution in [0.15, 0.2) is 30.3 Å². The van der Waals surface area contributed by atoms with E-state index in [1.165, 1.54) is 24.8 Å². The average molecular weight is 233 g/mol. The molecule has 2 atom stereocenters. The summed E-state index contributed by atoms with van der Waals surface area (Å²) in [6.07, 6.45) is 5.64. The summed E-state index contributed by atoms with van der Waals surface area (Å²) in [5.74, 6) is 0. The van der Waals surface area contributed by atoms with E-state index in [-0.39, 0.29) is 6.10 Å². The highest BCUT2D eigenvalue weighted by molar-refractivity contribution is 5.14. The van der Waals surface area contributed by atoms with Crippen LogP contribution in [0.25, 0.3) is 0 Å². The van der Waals surface area contributed by atoms with Crippen LogP contribution < -0.4 is 0 Å². The Bertz CT molecular complexity index is 325. The first-order valence-electron chi connectivity index (χ1n) is 6.69. The maximum atomic E-state index is 10.2. The van der Waals surface area contributed by atoms with E-state index in [9.17, 15) is 5.11 Å². The summed E-state index contributed by atoms with van der Waals surface area (Å²) in [7, 11) is 2.13. The Kier molecular flexibility index (Phi) is 4.57. The Labute approximate surface area is 104 Å². The third kappa shape index (κ3) is 3.55. The van der Waals surface area contributed by atoms with E-state index in [4.69, 9.17) is 0 Å². The Morgan fingerprint density at radius 2 is 1.82 bits per heavy atom. The van der Waals surface area contributed by atoms with E-state index < -0.39 is 0 Å². The van der Waals surface area contributed by atoms with E-state index in [1.54, 1.807) is 0 Å². The summed E-state index contributed by atoms with van der Waals surface area (Å²) in [5, 5.41) is 10.2. The van der Waals surface area contributed by atoms with Gasteiger partial charge in [-0.2, -0.15) is 0 Å². The van der Waals surface area contributed by atoms with Gasteiger partial charge in [0.25, 0.3) is 0 Å². The first-order chi connectivity index (χ1) is 8.27. The van der Waals surface area contributed by atoms with Crippen LogP contribution in [0, 0.1) is 0 Å². The van der Waals surface area contributed by atoms with Crippen molar-refractivity contribution in [3.8, 4) is 0 Å². The number of aliphatic hydroxyl groups is 1. The molecule has 2 unspecified atom stereocenters. The van der Waals surface area contributed by atoms with E-state index in [1.807, 2.05) is 6.07 Å². The molecule has 0 amide bonds. The van der Waals surface area contributed by atoms with Crippen molar-refractivity contribution in [3.05, 3.63) is 35.9 Å². The van der Waals surface area contributed by atoms with Gasteiger partial charge in [-0.3, -0.25) is 4.90 Å². The lowest BCUT2D eigenvalue weighted by Crippen LogP contribution is -2.40. The van der Waals surface area contributed by atoms with E-state index >= 15 is 0 Å². The predicted molar refractivity (Wildman–Crippen MR) is 70.8 cm³/mol. The molecule has 2 nitrogen and oxygen atoms in total. The molecule has 17 heavy (non-hydrogen) atoms. The molecule has 1 N–H and O–H groups in total. The van der Waals surface area contributed by atoms with Gasteiger partial charge in [0, 0.05) is 12.6 Å². The van der Waals surface area contributed by atoms with Gasteiger partial charge in [0.1, 0.15) is 0 Å². The SMILES string of the molecule is CN(Cc1ccccc1)C1CCCCCC1O. The lowest BCUT2D eigenvalue weighted by Gasteiger charge is -2.30. The summed E-state index contributed by atoms with van der Waals surface area (Å²) >= 11 is 0. The molecule has 0 aliphatic heterocycles. The zero-order chi connectivity index (χ0) is 12.1. The third-order valence-electron chi connectivity index (χ3n) is 3.78. The van der Waals surface area contributed by atoms with Gasteiger partial charge in [-0.1, -0.05) is 49.6 Å². The number of hydrogen-bond acceptors (Lipinski definition) is 2. The van der Waals surface area contributed by atoms with Gasteiger partial charge in [0.15, 0.2) is 0 Å². The Morgan fingerprint density at radius 1 is 1.12 bits per heavy atom. The van der Waals surface area contributed by atoms with E-state index in [0.717, 1.165) is 19.4 Å². The number of hydrogen-bond donors (Lipinski definition) is 1.